The minimum atomic E-state index is -3.86. The van der Waals surface area contributed by atoms with Crippen LogP contribution in [0.2, 0.25) is 0 Å². The molecule has 1 heterocycles. The number of phenolic OH excluding ortho intramolecular Hbond substituents is 1. The van der Waals surface area contributed by atoms with Gasteiger partial charge in [-0.1, -0.05) is 0 Å². The first-order valence-electron chi connectivity index (χ1n) is 10.7. The van der Waals surface area contributed by atoms with Gasteiger partial charge in [0.2, 0.25) is 0 Å². The Morgan fingerprint density at radius 2 is 1.15 bits per heavy atom. The van der Waals surface area contributed by atoms with Crippen LogP contribution in [-0.2, 0) is 9.35 Å². The zero-order chi connectivity index (χ0) is 22.5. The summed E-state index contributed by atoms with van der Waals surface area (Å²) in [4.78, 5) is 0. The van der Waals surface area contributed by atoms with Crippen molar-refractivity contribution in [3.8, 4) is 16.9 Å². The van der Waals surface area contributed by atoms with E-state index in [1.54, 1.807) is 12.1 Å². The number of hydrogen-bond acceptors (Lipinski definition) is 3. The van der Waals surface area contributed by atoms with Crippen LogP contribution >= 0.6 is 7.06 Å². The third kappa shape index (κ3) is 2.79. The van der Waals surface area contributed by atoms with Crippen LogP contribution in [-0.4, -0.2) is 5.11 Å². The number of aromatic hydroxyl groups is 1. The Morgan fingerprint density at radius 1 is 0.606 bits per heavy atom. The summed E-state index contributed by atoms with van der Waals surface area (Å²) in [5.74, 6) is -0.319. The summed E-state index contributed by atoms with van der Waals surface area (Å²) in [6.07, 6.45) is 0. The van der Waals surface area contributed by atoms with Gasteiger partial charge in [-0.05, 0) is 0 Å². The van der Waals surface area contributed by atoms with Crippen molar-refractivity contribution in [1.29, 1.82) is 0 Å². The Hall–Kier alpha value is -3.56. The van der Waals surface area contributed by atoms with Crippen LogP contribution < -0.4 is 15.9 Å². The van der Waals surface area contributed by atoms with E-state index in [1.165, 1.54) is 12.1 Å². The van der Waals surface area contributed by atoms with Gasteiger partial charge in [0.15, 0.2) is 0 Å². The second kappa shape index (κ2) is 7.23. The van der Waals surface area contributed by atoms with Gasteiger partial charge < -0.3 is 0 Å². The summed E-state index contributed by atoms with van der Waals surface area (Å²) in [5, 5.41) is 14.6. The molecule has 3 nitrogen and oxygen atoms in total. The van der Waals surface area contributed by atoms with Crippen molar-refractivity contribution in [2.75, 3.05) is 0 Å². The van der Waals surface area contributed by atoms with Crippen LogP contribution in [0.5, 0.6) is 5.75 Å². The molecule has 0 aliphatic carbocycles. The molecule has 5 heteroatoms. The van der Waals surface area contributed by atoms with Crippen LogP contribution in [0.3, 0.4) is 0 Å². The molecule has 1 aliphatic rings. The van der Waals surface area contributed by atoms with Gasteiger partial charge in [-0.2, -0.15) is 0 Å². The summed E-state index contributed by atoms with van der Waals surface area (Å²) < 4.78 is 27.1. The number of phenols is 1. The third-order valence-corrected chi connectivity index (χ3v) is 10.7. The van der Waals surface area contributed by atoms with E-state index in [9.17, 15) is 9.50 Å². The third-order valence-electron chi connectivity index (χ3n) is 6.29. The summed E-state index contributed by atoms with van der Waals surface area (Å²) >= 11 is 0. The molecule has 6 rings (SSSR count). The van der Waals surface area contributed by atoms with Gasteiger partial charge in [0.05, 0.1) is 0 Å². The van der Waals surface area contributed by atoms with E-state index < -0.39 is 12.9 Å². The first kappa shape index (κ1) is 20.1. The minimum absolute atomic E-state index is 0.0761. The van der Waals surface area contributed by atoms with Gasteiger partial charge in [0, 0.05) is 0 Å². The van der Waals surface area contributed by atoms with E-state index in [-0.39, 0.29) is 5.75 Å². The molecule has 0 aromatic heterocycles. The fraction of sp³-hybridized carbons (Fsp3) is 0. The predicted molar refractivity (Wildman–Crippen MR) is 132 cm³/mol. The Balaban J connectivity index is 1.85. The molecule has 162 valence electrons. The second-order valence-corrected chi connectivity index (χ2v) is 11.8. The molecular weight excluding hydrogens is 434 g/mol. The normalized spacial score (nSPS) is 17.2. The first-order chi connectivity index (χ1) is 16.1. The Morgan fingerprint density at radius 3 is 1.70 bits per heavy atom. The van der Waals surface area contributed by atoms with E-state index >= 15 is 0 Å². The van der Waals surface area contributed by atoms with Gasteiger partial charge in [-0.3, -0.25) is 0 Å². The van der Waals surface area contributed by atoms with E-state index in [2.05, 4.69) is 0 Å². The van der Waals surface area contributed by atoms with Gasteiger partial charge in [-0.15, -0.1) is 0 Å². The molecule has 0 bridgehead atoms. The van der Waals surface area contributed by atoms with Crippen LogP contribution in [0.4, 0.5) is 4.39 Å². The molecule has 1 fully saturated rings. The Kier molecular flexibility index (Phi) is 4.40. The molecule has 0 spiro atoms. The van der Waals surface area contributed by atoms with Crippen LogP contribution in [0, 0.1) is 5.82 Å². The summed E-state index contributed by atoms with van der Waals surface area (Å²) in [5.41, 5.74) is 1.62. The molecule has 1 saturated heterocycles. The van der Waals surface area contributed by atoms with Crippen LogP contribution in [0.25, 0.3) is 21.9 Å². The maximum atomic E-state index is 14.7. The number of hydrogen-bond donors (Lipinski definition) is 1. The number of benzene rings is 5. The van der Waals surface area contributed by atoms with Crippen molar-refractivity contribution in [3.63, 3.8) is 0 Å². The molecule has 0 saturated carbocycles. The molecule has 0 radical (unpaired) electrons. The SMILES string of the molecule is Oc1cc(-c2ccccc2)c(P2(c3ccccc3)(c3ccccc3)OO2)c2cc(F)ccc12. The molecule has 0 amide bonds. The quantitative estimate of drug-likeness (QED) is 0.207. The van der Waals surface area contributed by atoms with E-state index in [0.717, 1.165) is 27.0 Å². The van der Waals surface area contributed by atoms with Crippen LogP contribution in [0.15, 0.2) is 115 Å². The van der Waals surface area contributed by atoms with Crippen molar-refractivity contribution < 1.29 is 18.8 Å². The van der Waals surface area contributed by atoms with Crippen molar-refractivity contribution >= 4 is 33.7 Å². The van der Waals surface area contributed by atoms with E-state index in [4.69, 9.17) is 9.35 Å². The molecule has 33 heavy (non-hydrogen) atoms. The zero-order valence-corrected chi connectivity index (χ0v) is 18.5. The van der Waals surface area contributed by atoms with Gasteiger partial charge in [-0.25, -0.2) is 0 Å². The van der Waals surface area contributed by atoms with Crippen molar-refractivity contribution in [1.82, 2.24) is 0 Å². The summed E-state index contributed by atoms with van der Waals surface area (Å²) in [7, 11) is -3.86. The molecule has 5 aromatic rings. The standard InChI is InChI=1S/C28H20FO3P/c29-21-16-17-24-26(18-21)28(25(19-27(24)30)20-10-4-1-5-11-20)33(31-32-33,22-12-6-2-7-13-22)23-14-8-3-9-15-23/h1-19,30H. The topological polar surface area (TPSA) is 45.3 Å². The van der Waals surface area contributed by atoms with Crippen molar-refractivity contribution in [2.24, 2.45) is 0 Å². The number of rotatable bonds is 4. The molecular formula is C28H20FO3P. The molecule has 0 unspecified atom stereocenters. The predicted octanol–water partition coefficient (Wildman–Crippen LogP) is 5.97. The Bertz CT molecular complexity index is 1440. The van der Waals surface area contributed by atoms with E-state index in [0.29, 0.717) is 10.8 Å². The van der Waals surface area contributed by atoms with Gasteiger partial charge >= 0.3 is 191 Å². The summed E-state index contributed by atoms with van der Waals surface area (Å²) in [6, 6.07) is 35.5. The van der Waals surface area contributed by atoms with Crippen molar-refractivity contribution in [2.45, 2.75) is 0 Å². The molecule has 5 aromatic carbocycles. The average Bonchev–Trinajstić information content (AvgIpc) is 3.64. The fourth-order valence-corrected chi connectivity index (χ4v) is 9.13. The van der Waals surface area contributed by atoms with Crippen molar-refractivity contribution in [3.05, 3.63) is 121 Å². The average molecular weight is 454 g/mol. The fourth-order valence-electron chi connectivity index (χ4n) is 4.74. The summed E-state index contributed by atoms with van der Waals surface area (Å²) in [6.45, 7) is 0. The molecule has 1 N–H and O–H groups in total. The van der Waals surface area contributed by atoms with E-state index in [1.807, 2.05) is 91.0 Å². The number of fused-ring (bicyclic) bond motifs is 1. The van der Waals surface area contributed by atoms with Gasteiger partial charge in [0.25, 0.3) is 0 Å². The Labute approximate surface area is 190 Å². The monoisotopic (exact) mass is 454 g/mol. The van der Waals surface area contributed by atoms with Crippen LogP contribution in [0.1, 0.15) is 0 Å². The molecule has 1 aliphatic heterocycles. The zero-order valence-electron chi connectivity index (χ0n) is 17.6. The second-order valence-electron chi connectivity index (χ2n) is 8.13. The number of halogens is 1. The first-order valence-corrected chi connectivity index (χ1v) is 12.7. The molecule has 0 atom stereocenters. The van der Waals surface area contributed by atoms with Gasteiger partial charge in [0.1, 0.15) is 0 Å². The maximum absolute atomic E-state index is 14.7.